The summed E-state index contributed by atoms with van der Waals surface area (Å²) in [5.74, 6) is -1.29. The molecule has 0 aliphatic carbocycles. The highest BCUT2D eigenvalue weighted by Crippen LogP contribution is 2.40. The number of carbonyl (C=O) groups excluding carboxylic acids is 2. The summed E-state index contributed by atoms with van der Waals surface area (Å²) in [5, 5.41) is 13.1. The maximum atomic E-state index is 13.0. The van der Waals surface area contributed by atoms with Gasteiger partial charge in [0.2, 0.25) is 0 Å². The largest absolute Gasteiger partial charge is 0.507 e. The first-order chi connectivity index (χ1) is 14.1. The molecule has 1 atom stereocenters. The molecule has 0 spiro atoms. The number of carbonyl (C=O) groups is 2. The van der Waals surface area contributed by atoms with E-state index in [9.17, 15) is 14.7 Å². The molecule has 1 heterocycles. The number of hydrogen-bond acceptors (Lipinski definition) is 3. The summed E-state index contributed by atoms with van der Waals surface area (Å²) in [6.45, 7) is 2.52. The predicted octanol–water partition coefficient (Wildman–Crippen LogP) is 5.06. The van der Waals surface area contributed by atoms with E-state index >= 15 is 0 Å². The molecule has 1 unspecified atom stereocenters. The number of hydrogen-bond donors (Lipinski definition) is 1. The van der Waals surface area contributed by atoms with E-state index < -0.39 is 17.7 Å². The molecule has 4 nitrogen and oxygen atoms in total. The molecule has 0 saturated carbocycles. The van der Waals surface area contributed by atoms with Gasteiger partial charge in [-0.2, -0.15) is 0 Å². The van der Waals surface area contributed by atoms with Crippen molar-refractivity contribution in [3.05, 3.63) is 89.5 Å². The lowest BCUT2D eigenvalue weighted by Crippen LogP contribution is -2.30. The fourth-order valence-electron chi connectivity index (χ4n) is 4.00. The predicted molar refractivity (Wildman–Crippen MR) is 114 cm³/mol. The first-order valence-corrected chi connectivity index (χ1v) is 9.95. The SMILES string of the molecule is CCCCN1C(=O)C(=O)/C(=C(\O)c2cccc3ccccc23)C1c1ccccc1. The number of fused-ring (bicyclic) bond motifs is 1. The number of likely N-dealkylation sites (tertiary alicyclic amines) is 1. The fourth-order valence-corrected chi connectivity index (χ4v) is 4.00. The van der Waals surface area contributed by atoms with Crippen molar-refractivity contribution in [3.63, 3.8) is 0 Å². The minimum absolute atomic E-state index is 0.118. The molecule has 1 N–H and O–H groups in total. The van der Waals surface area contributed by atoms with Crippen LogP contribution in [0.5, 0.6) is 0 Å². The Kier molecular flexibility index (Phi) is 5.17. The van der Waals surface area contributed by atoms with E-state index in [1.165, 1.54) is 0 Å². The fraction of sp³-hybridized carbons (Fsp3) is 0.200. The molecule has 1 aliphatic heterocycles. The molecule has 1 saturated heterocycles. The van der Waals surface area contributed by atoms with Gasteiger partial charge >= 0.3 is 0 Å². The van der Waals surface area contributed by atoms with Crippen molar-refractivity contribution in [2.24, 2.45) is 0 Å². The Hall–Kier alpha value is -3.40. The summed E-state index contributed by atoms with van der Waals surface area (Å²) in [5.41, 5.74) is 1.55. The molecule has 4 rings (SSSR count). The number of amides is 1. The smallest absolute Gasteiger partial charge is 0.295 e. The lowest BCUT2D eigenvalue weighted by atomic mass is 9.93. The Balaban J connectivity index is 1.93. The molecule has 0 bridgehead atoms. The van der Waals surface area contributed by atoms with Crippen molar-refractivity contribution in [2.75, 3.05) is 6.54 Å². The van der Waals surface area contributed by atoms with E-state index in [0.29, 0.717) is 12.1 Å². The van der Waals surface area contributed by atoms with Crippen molar-refractivity contribution in [2.45, 2.75) is 25.8 Å². The van der Waals surface area contributed by atoms with Crippen LogP contribution in [-0.4, -0.2) is 28.2 Å². The Morgan fingerprint density at radius 3 is 2.38 bits per heavy atom. The zero-order chi connectivity index (χ0) is 20.4. The first kappa shape index (κ1) is 18.9. The van der Waals surface area contributed by atoms with Crippen molar-refractivity contribution in [3.8, 4) is 0 Å². The van der Waals surface area contributed by atoms with Crippen LogP contribution < -0.4 is 0 Å². The van der Waals surface area contributed by atoms with E-state index in [2.05, 4.69) is 0 Å². The van der Waals surface area contributed by atoms with Crippen LogP contribution in [0.1, 0.15) is 36.9 Å². The quantitative estimate of drug-likeness (QED) is 0.379. The van der Waals surface area contributed by atoms with E-state index in [4.69, 9.17) is 0 Å². The second kappa shape index (κ2) is 7.92. The second-order valence-electron chi connectivity index (χ2n) is 7.28. The van der Waals surface area contributed by atoms with Gasteiger partial charge < -0.3 is 10.0 Å². The third-order valence-electron chi connectivity index (χ3n) is 5.45. The molecule has 0 radical (unpaired) electrons. The average Bonchev–Trinajstić information content (AvgIpc) is 3.02. The van der Waals surface area contributed by atoms with Gasteiger partial charge in [0, 0.05) is 12.1 Å². The molecular formula is C25H23NO3. The summed E-state index contributed by atoms with van der Waals surface area (Å²) in [4.78, 5) is 27.4. The van der Waals surface area contributed by atoms with Gasteiger partial charge in [-0.1, -0.05) is 86.1 Å². The van der Waals surface area contributed by atoms with Crippen LogP contribution in [-0.2, 0) is 9.59 Å². The molecule has 1 aliphatic rings. The summed E-state index contributed by atoms with van der Waals surface area (Å²) in [6, 6.07) is 22.2. The van der Waals surface area contributed by atoms with Gasteiger partial charge in [-0.15, -0.1) is 0 Å². The topological polar surface area (TPSA) is 57.6 Å². The molecule has 146 valence electrons. The Labute approximate surface area is 170 Å². The second-order valence-corrected chi connectivity index (χ2v) is 7.28. The zero-order valence-electron chi connectivity index (χ0n) is 16.3. The number of aliphatic hydroxyl groups is 1. The lowest BCUT2D eigenvalue weighted by molar-refractivity contribution is -0.139. The van der Waals surface area contributed by atoms with Crippen LogP contribution in [0.25, 0.3) is 16.5 Å². The van der Waals surface area contributed by atoms with E-state index in [1.807, 2.05) is 73.7 Å². The minimum Gasteiger partial charge on any atom is -0.507 e. The van der Waals surface area contributed by atoms with Crippen LogP contribution in [0.15, 0.2) is 78.4 Å². The van der Waals surface area contributed by atoms with Crippen LogP contribution in [0, 0.1) is 0 Å². The summed E-state index contributed by atoms with van der Waals surface area (Å²) < 4.78 is 0. The van der Waals surface area contributed by atoms with Gasteiger partial charge in [0.25, 0.3) is 11.7 Å². The first-order valence-electron chi connectivity index (χ1n) is 9.95. The van der Waals surface area contributed by atoms with Gasteiger partial charge in [-0.25, -0.2) is 0 Å². The lowest BCUT2D eigenvalue weighted by Gasteiger charge is -2.25. The number of unbranched alkanes of at least 4 members (excludes halogenated alkanes) is 1. The minimum atomic E-state index is -0.625. The molecule has 3 aromatic rings. The highest BCUT2D eigenvalue weighted by atomic mass is 16.3. The normalized spacial score (nSPS) is 18.5. The highest BCUT2D eigenvalue weighted by Gasteiger charge is 2.45. The Bertz CT molecular complexity index is 1100. The van der Waals surface area contributed by atoms with Crippen molar-refractivity contribution >= 4 is 28.2 Å². The van der Waals surface area contributed by atoms with Crippen molar-refractivity contribution < 1.29 is 14.7 Å². The Morgan fingerprint density at radius 1 is 0.931 bits per heavy atom. The number of nitrogens with zero attached hydrogens (tertiary/aromatic N) is 1. The van der Waals surface area contributed by atoms with Crippen molar-refractivity contribution in [1.82, 2.24) is 4.90 Å². The molecule has 3 aromatic carbocycles. The van der Waals surface area contributed by atoms with Crippen LogP contribution in [0.4, 0.5) is 0 Å². The summed E-state index contributed by atoms with van der Waals surface area (Å²) in [7, 11) is 0. The van der Waals surface area contributed by atoms with Gasteiger partial charge in [0.15, 0.2) is 0 Å². The van der Waals surface area contributed by atoms with Crippen LogP contribution in [0.3, 0.4) is 0 Å². The molecule has 29 heavy (non-hydrogen) atoms. The number of Topliss-reactive ketones (excluding diaryl/α,β-unsaturated/α-hetero) is 1. The molecular weight excluding hydrogens is 362 g/mol. The number of aliphatic hydroxyl groups excluding tert-OH is 1. The van der Waals surface area contributed by atoms with E-state index in [-0.39, 0.29) is 11.3 Å². The van der Waals surface area contributed by atoms with Gasteiger partial charge in [0.1, 0.15) is 5.76 Å². The Morgan fingerprint density at radius 2 is 1.62 bits per heavy atom. The average molecular weight is 385 g/mol. The van der Waals surface area contributed by atoms with Gasteiger partial charge in [-0.3, -0.25) is 9.59 Å². The van der Waals surface area contributed by atoms with Gasteiger partial charge in [-0.05, 0) is 22.8 Å². The summed E-state index contributed by atoms with van der Waals surface area (Å²) in [6.07, 6.45) is 1.71. The third kappa shape index (κ3) is 3.31. The van der Waals surface area contributed by atoms with Crippen LogP contribution >= 0.6 is 0 Å². The molecule has 1 fully saturated rings. The van der Waals surface area contributed by atoms with Gasteiger partial charge in [0.05, 0.1) is 11.6 Å². The third-order valence-corrected chi connectivity index (χ3v) is 5.45. The van der Waals surface area contributed by atoms with E-state index in [0.717, 1.165) is 29.2 Å². The number of rotatable bonds is 5. The number of benzene rings is 3. The maximum absolute atomic E-state index is 13.0. The molecule has 0 aromatic heterocycles. The van der Waals surface area contributed by atoms with E-state index in [1.54, 1.807) is 11.0 Å². The monoisotopic (exact) mass is 385 g/mol. The zero-order valence-corrected chi connectivity index (χ0v) is 16.3. The molecule has 1 amide bonds. The highest BCUT2D eigenvalue weighted by molar-refractivity contribution is 6.46. The standard InChI is InChI=1S/C25H23NO3/c1-2-3-16-26-22(18-11-5-4-6-12-18)21(24(28)25(26)29)23(27)20-15-9-13-17-10-7-8-14-19(17)20/h4-15,22,27H,2-3,16H2,1H3/b23-21-. The number of ketones is 1. The van der Waals surface area contributed by atoms with Crippen molar-refractivity contribution in [1.29, 1.82) is 0 Å². The summed E-state index contributed by atoms with van der Waals surface area (Å²) >= 11 is 0. The van der Waals surface area contributed by atoms with Crippen LogP contribution in [0.2, 0.25) is 0 Å². The maximum Gasteiger partial charge on any atom is 0.295 e. The molecule has 4 heteroatoms.